The van der Waals surface area contributed by atoms with Gasteiger partial charge < -0.3 is 20.0 Å². The summed E-state index contributed by atoms with van der Waals surface area (Å²) in [5.74, 6) is -0.556. The second kappa shape index (κ2) is 10.2. The van der Waals surface area contributed by atoms with Crippen LogP contribution in [0.2, 0.25) is 0 Å². The number of ketones is 1. The Morgan fingerprint density at radius 1 is 1.06 bits per heavy atom. The zero-order valence-corrected chi connectivity index (χ0v) is 21.1. The van der Waals surface area contributed by atoms with E-state index in [0.717, 1.165) is 5.69 Å². The standard InChI is InChI=1S/C27H36N4O4/c1-17(2)15-21(28-25(33)18-9-11-20(12-10-18)29(3)4)27(35)30-14-13-22-24(30)23(32)16-31(22)26(34)19-7-5-6-8-19/h5-6,9-12,17,19,21-22,24H,7-8,13-16H2,1-4H3,(H,28,33)/t21-,22+,24-/m0/s1. The molecule has 0 bridgehead atoms. The lowest BCUT2D eigenvalue weighted by Gasteiger charge is -2.29. The van der Waals surface area contributed by atoms with Gasteiger partial charge in [-0.15, -0.1) is 0 Å². The molecule has 1 N–H and O–H groups in total. The number of likely N-dealkylation sites (tertiary alicyclic amines) is 2. The third-order valence-electron chi connectivity index (χ3n) is 7.30. The largest absolute Gasteiger partial charge is 0.378 e. The molecule has 35 heavy (non-hydrogen) atoms. The van der Waals surface area contributed by atoms with Gasteiger partial charge in [-0.2, -0.15) is 0 Å². The zero-order valence-electron chi connectivity index (χ0n) is 21.1. The molecule has 8 heteroatoms. The van der Waals surface area contributed by atoms with Crippen molar-refractivity contribution >= 4 is 29.2 Å². The van der Waals surface area contributed by atoms with Gasteiger partial charge in [-0.05, 0) is 55.9 Å². The van der Waals surface area contributed by atoms with E-state index in [0.29, 0.717) is 37.8 Å². The van der Waals surface area contributed by atoms with Crippen molar-refractivity contribution in [3.05, 3.63) is 42.0 Å². The number of amides is 3. The average Bonchev–Trinajstić information content (AvgIpc) is 3.56. The zero-order chi connectivity index (χ0) is 25.3. The molecule has 188 valence electrons. The molecule has 0 aromatic heterocycles. The van der Waals surface area contributed by atoms with Crippen molar-refractivity contribution in [3.8, 4) is 0 Å². The first-order valence-corrected chi connectivity index (χ1v) is 12.5. The van der Waals surface area contributed by atoms with Crippen molar-refractivity contribution < 1.29 is 19.2 Å². The molecule has 2 aliphatic heterocycles. The van der Waals surface area contributed by atoms with E-state index < -0.39 is 12.1 Å². The molecule has 0 spiro atoms. The molecule has 8 nitrogen and oxygen atoms in total. The summed E-state index contributed by atoms with van der Waals surface area (Å²) in [6.45, 7) is 4.48. The van der Waals surface area contributed by atoms with Gasteiger partial charge in [-0.25, -0.2) is 0 Å². The number of allylic oxidation sites excluding steroid dienone is 2. The molecule has 3 amide bonds. The number of carbonyl (C=O) groups excluding carboxylic acids is 4. The van der Waals surface area contributed by atoms with Crippen LogP contribution in [-0.2, 0) is 14.4 Å². The van der Waals surface area contributed by atoms with Gasteiger partial charge in [0.25, 0.3) is 5.91 Å². The van der Waals surface area contributed by atoms with Crippen LogP contribution in [0.25, 0.3) is 0 Å². The summed E-state index contributed by atoms with van der Waals surface area (Å²) in [5.41, 5.74) is 1.46. The predicted octanol–water partition coefficient (Wildman–Crippen LogP) is 2.24. The predicted molar refractivity (Wildman–Crippen MR) is 134 cm³/mol. The Bertz CT molecular complexity index is 1010. The quantitative estimate of drug-likeness (QED) is 0.605. The van der Waals surface area contributed by atoms with E-state index in [2.05, 4.69) is 5.32 Å². The van der Waals surface area contributed by atoms with Gasteiger partial charge in [-0.3, -0.25) is 19.2 Å². The number of fused-ring (bicyclic) bond motifs is 1. The van der Waals surface area contributed by atoms with Crippen LogP contribution < -0.4 is 10.2 Å². The number of benzene rings is 1. The van der Waals surface area contributed by atoms with E-state index in [9.17, 15) is 19.2 Å². The van der Waals surface area contributed by atoms with Gasteiger partial charge in [0.05, 0.1) is 12.6 Å². The van der Waals surface area contributed by atoms with E-state index in [1.54, 1.807) is 21.9 Å². The third-order valence-corrected chi connectivity index (χ3v) is 7.30. The second-order valence-corrected chi connectivity index (χ2v) is 10.5. The SMILES string of the molecule is CC(C)C[C@H](NC(=O)c1ccc(N(C)C)cc1)C(=O)N1CC[C@@H]2[C@H]1C(=O)CN2C(=O)C1CC=CC1. The summed E-state index contributed by atoms with van der Waals surface area (Å²) in [7, 11) is 3.86. The Morgan fingerprint density at radius 2 is 1.71 bits per heavy atom. The molecule has 1 aromatic carbocycles. The molecule has 2 fully saturated rings. The minimum Gasteiger partial charge on any atom is -0.378 e. The summed E-state index contributed by atoms with van der Waals surface area (Å²) in [6, 6.07) is 5.60. The number of rotatable bonds is 7. The normalized spacial score (nSPS) is 22.6. The van der Waals surface area contributed by atoms with Crippen molar-refractivity contribution in [1.29, 1.82) is 0 Å². The fraction of sp³-hybridized carbons (Fsp3) is 0.556. The maximum absolute atomic E-state index is 13.7. The summed E-state index contributed by atoms with van der Waals surface area (Å²) in [4.78, 5) is 57.9. The van der Waals surface area contributed by atoms with E-state index in [1.165, 1.54) is 0 Å². The Morgan fingerprint density at radius 3 is 2.31 bits per heavy atom. The number of anilines is 1. The Kier molecular flexibility index (Phi) is 7.28. The Hall–Kier alpha value is -3.16. The lowest BCUT2D eigenvalue weighted by molar-refractivity contribution is -0.138. The van der Waals surface area contributed by atoms with E-state index in [4.69, 9.17) is 0 Å². The molecular formula is C27H36N4O4. The van der Waals surface area contributed by atoms with Gasteiger partial charge in [-0.1, -0.05) is 26.0 Å². The van der Waals surface area contributed by atoms with Crippen molar-refractivity contribution in [2.75, 3.05) is 32.1 Å². The first-order valence-electron chi connectivity index (χ1n) is 12.5. The number of carbonyl (C=O) groups is 4. The lowest BCUT2D eigenvalue weighted by atomic mass is 10.0. The monoisotopic (exact) mass is 480 g/mol. The molecule has 0 saturated carbocycles. The van der Waals surface area contributed by atoms with Crippen molar-refractivity contribution in [3.63, 3.8) is 0 Å². The highest BCUT2D eigenvalue weighted by Gasteiger charge is 2.52. The number of nitrogens with one attached hydrogen (secondary N) is 1. The minimum atomic E-state index is -0.730. The smallest absolute Gasteiger partial charge is 0.251 e. The van der Waals surface area contributed by atoms with Crippen LogP contribution in [0.3, 0.4) is 0 Å². The fourth-order valence-electron chi connectivity index (χ4n) is 5.46. The Labute approximate surface area is 207 Å². The van der Waals surface area contributed by atoms with E-state index >= 15 is 0 Å². The van der Waals surface area contributed by atoms with Crippen molar-refractivity contribution in [2.24, 2.45) is 11.8 Å². The van der Waals surface area contributed by atoms with E-state index in [1.807, 2.05) is 57.1 Å². The minimum absolute atomic E-state index is 0.0124. The summed E-state index contributed by atoms with van der Waals surface area (Å²) in [5, 5.41) is 2.92. The molecule has 1 aliphatic carbocycles. The molecule has 4 rings (SSSR count). The van der Waals surface area contributed by atoms with Crippen LogP contribution in [0.4, 0.5) is 5.69 Å². The maximum Gasteiger partial charge on any atom is 0.251 e. The van der Waals surface area contributed by atoms with Crippen LogP contribution >= 0.6 is 0 Å². The number of hydrogen-bond donors (Lipinski definition) is 1. The molecule has 2 saturated heterocycles. The number of Topliss-reactive ketones (excluding diaryl/α,β-unsaturated/α-hetero) is 1. The van der Waals surface area contributed by atoms with Crippen molar-refractivity contribution in [1.82, 2.24) is 15.1 Å². The van der Waals surface area contributed by atoms with Crippen LogP contribution in [0.1, 0.15) is 49.9 Å². The fourth-order valence-corrected chi connectivity index (χ4v) is 5.46. The first-order chi connectivity index (χ1) is 16.7. The topological polar surface area (TPSA) is 90.0 Å². The summed E-state index contributed by atoms with van der Waals surface area (Å²) in [6.07, 6.45) is 6.50. The molecule has 0 unspecified atom stereocenters. The molecule has 3 aliphatic rings. The summed E-state index contributed by atoms with van der Waals surface area (Å²) >= 11 is 0. The third kappa shape index (κ3) is 5.11. The van der Waals surface area contributed by atoms with Gasteiger partial charge in [0.2, 0.25) is 11.8 Å². The van der Waals surface area contributed by atoms with E-state index in [-0.39, 0.29) is 47.9 Å². The molecular weight excluding hydrogens is 444 g/mol. The van der Waals surface area contributed by atoms with Gasteiger partial charge >= 0.3 is 0 Å². The van der Waals surface area contributed by atoms with Gasteiger partial charge in [0.15, 0.2) is 5.78 Å². The highest BCUT2D eigenvalue weighted by atomic mass is 16.2. The van der Waals surface area contributed by atoms with Crippen LogP contribution in [0.15, 0.2) is 36.4 Å². The van der Waals surface area contributed by atoms with Crippen LogP contribution in [0, 0.1) is 11.8 Å². The maximum atomic E-state index is 13.7. The average molecular weight is 481 g/mol. The molecule has 0 radical (unpaired) electrons. The molecule has 1 aromatic rings. The highest BCUT2D eigenvalue weighted by Crippen LogP contribution is 2.33. The van der Waals surface area contributed by atoms with Crippen LogP contribution in [-0.4, -0.2) is 78.6 Å². The molecule has 3 atom stereocenters. The second-order valence-electron chi connectivity index (χ2n) is 10.5. The number of nitrogens with zero attached hydrogens (tertiary/aromatic N) is 3. The highest BCUT2D eigenvalue weighted by molar-refractivity contribution is 6.01. The Balaban J connectivity index is 1.47. The van der Waals surface area contributed by atoms with Crippen molar-refractivity contribution in [2.45, 2.75) is 57.7 Å². The van der Waals surface area contributed by atoms with Crippen LogP contribution in [0.5, 0.6) is 0 Å². The van der Waals surface area contributed by atoms with Gasteiger partial charge in [0, 0.05) is 37.8 Å². The molecule has 2 heterocycles. The lowest BCUT2D eigenvalue weighted by Crippen LogP contribution is -2.53. The first kappa shape index (κ1) is 24.9. The van der Waals surface area contributed by atoms with Gasteiger partial charge in [0.1, 0.15) is 12.1 Å². The summed E-state index contributed by atoms with van der Waals surface area (Å²) < 4.78 is 0. The number of hydrogen-bond acceptors (Lipinski definition) is 5.